The van der Waals surface area contributed by atoms with Crippen molar-refractivity contribution < 1.29 is 14.6 Å². The van der Waals surface area contributed by atoms with Gasteiger partial charge < -0.3 is 9.84 Å². The minimum absolute atomic E-state index is 0.452. The van der Waals surface area contributed by atoms with Crippen LogP contribution in [0.4, 0.5) is 0 Å². The topological polar surface area (TPSA) is 46.5 Å². The number of hydrogen-bond donors (Lipinski definition) is 1. The molecule has 116 valence electrons. The zero-order chi connectivity index (χ0) is 15.3. The Morgan fingerprint density at radius 3 is 2.33 bits per heavy atom. The highest BCUT2D eigenvalue weighted by Crippen LogP contribution is 2.11. The van der Waals surface area contributed by atoms with E-state index in [0.717, 1.165) is 31.6 Å². The molecule has 0 saturated heterocycles. The van der Waals surface area contributed by atoms with Crippen molar-refractivity contribution in [1.82, 2.24) is 0 Å². The SMILES string of the molecule is C/C(=C\CCCCCCCCOc1ccccc1)C(=O)O. The van der Waals surface area contributed by atoms with Crippen molar-refractivity contribution in [3.63, 3.8) is 0 Å². The number of benzene rings is 1. The van der Waals surface area contributed by atoms with Gasteiger partial charge in [0.05, 0.1) is 6.61 Å². The number of aliphatic carboxylic acids is 1. The Morgan fingerprint density at radius 1 is 1.05 bits per heavy atom. The second kappa shape index (κ2) is 11.0. The fourth-order valence-electron chi connectivity index (χ4n) is 2.07. The third-order valence-corrected chi connectivity index (χ3v) is 3.40. The van der Waals surface area contributed by atoms with Crippen LogP contribution in [0, 0.1) is 0 Å². The normalized spacial score (nSPS) is 11.4. The van der Waals surface area contributed by atoms with Gasteiger partial charge in [-0.3, -0.25) is 0 Å². The van der Waals surface area contributed by atoms with Crippen molar-refractivity contribution >= 4 is 5.97 Å². The fourth-order valence-corrected chi connectivity index (χ4v) is 2.07. The molecule has 0 spiro atoms. The quantitative estimate of drug-likeness (QED) is 0.469. The second-order valence-electron chi connectivity index (χ2n) is 5.26. The summed E-state index contributed by atoms with van der Waals surface area (Å²) in [4.78, 5) is 10.6. The van der Waals surface area contributed by atoms with Gasteiger partial charge in [0.15, 0.2) is 0 Å². The molecule has 1 aromatic rings. The summed E-state index contributed by atoms with van der Waals surface area (Å²) in [5.41, 5.74) is 0.452. The van der Waals surface area contributed by atoms with Crippen LogP contribution >= 0.6 is 0 Å². The maximum absolute atomic E-state index is 10.6. The number of allylic oxidation sites excluding steroid dienone is 1. The van der Waals surface area contributed by atoms with E-state index in [9.17, 15) is 4.79 Å². The molecule has 3 nitrogen and oxygen atoms in total. The standard InChI is InChI=1S/C18H26O3/c1-16(18(19)20)12-8-5-3-2-4-6-11-15-21-17-13-9-7-10-14-17/h7,9-10,12-14H,2-6,8,11,15H2,1H3,(H,19,20)/b16-12+. The van der Waals surface area contributed by atoms with Crippen molar-refractivity contribution in [2.24, 2.45) is 0 Å². The summed E-state index contributed by atoms with van der Waals surface area (Å²) < 4.78 is 5.64. The van der Waals surface area contributed by atoms with Crippen LogP contribution in [-0.2, 0) is 4.79 Å². The van der Waals surface area contributed by atoms with Gasteiger partial charge in [0.2, 0.25) is 0 Å². The predicted molar refractivity (Wildman–Crippen MR) is 85.6 cm³/mol. The Morgan fingerprint density at radius 2 is 1.67 bits per heavy atom. The van der Waals surface area contributed by atoms with Gasteiger partial charge in [0.1, 0.15) is 5.75 Å². The highest BCUT2D eigenvalue weighted by molar-refractivity contribution is 5.85. The molecular formula is C18H26O3. The Kier molecular flexibility index (Phi) is 9.01. The number of carbonyl (C=O) groups is 1. The van der Waals surface area contributed by atoms with E-state index < -0.39 is 5.97 Å². The first-order valence-electron chi connectivity index (χ1n) is 7.78. The van der Waals surface area contributed by atoms with Gasteiger partial charge in [-0.2, -0.15) is 0 Å². The van der Waals surface area contributed by atoms with Crippen LogP contribution in [0.25, 0.3) is 0 Å². The molecule has 0 aliphatic heterocycles. The summed E-state index contributed by atoms with van der Waals surface area (Å²) in [5.74, 6) is 0.131. The van der Waals surface area contributed by atoms with E-state index in [1.54, 1.807) is 6.92 Å². The van der Waals surface area contributed by atoms with E-state index >= 15 is 0 Å². The van der Waals surface area contributed by atoms with E-state index in [1.807, 2.05) is 36.4 Å². The van der Waals surface area contributed by atoms with Crippen LogP contribution in [0.15, 0.2) is 42.0 Å². The number of unbranched alkanes of at least 4 members (excludes halogenated alkanes) is 6. The lowest BCUT2D eigenvalue weighted by Gasteiger charge is -2.05. The van der Waals surface area contributed by atoms with Crippen LogP contribution in [0.5, 0.6) is 5.75 Å². The van der Waals surface area contributed by atoms with Crippen LogP contribution < -0.4 is 4.74 Å². The van der Waals surface area contributed by atoms with E-state index in [-0.39, 0.29) is 0 Å². The molecule has 0 fully saturated rings. The number of rotatable bonds is 11. The van der Waals surface area contributed by atoms with Gasteiger partial charge in [0, 0.05) is 5.57 Å². The first kappa shape index (κ1) is 17.3. The Hall–Kier alpha value is -1.77. The van der Waals surface area contributed by atoms with Gasteiger partial charge in [0.25, 0.3) is 0 Å². The summed E-state index contributed by atoms with van der Waals surface area (Å²) >= 11 is 0. The molecule has 21 heavy (non-hydrogen) atoms. The van der Waals surface area contributed by atoms with E-state index in [4.69, 9.17) is 9.84 Å². The van der Waals surface area contributed by atoms with Crippen molar-refractivity contribution in [3.05, 3.63) is 42.0 Å². The average Bonchev–Trinajstić information content (AvgIpc) is 2.49. The average molecular weight is 290 g/mol. The van der Waals surface area contributed by atoms with Crippen LogP contribution in [0.1, 0.15) is 51.9 Å². The summed E-state index contributed by atoms with van der Waals surface area (Å²) in [6.45, 7) is 2.43. The number of hydrogen-bond acceptors (Lipinski definition) is 2. The molecule has 0 aromatic heterocycles. The molecule has 0 heterocycles. The number of carboxylic acids is 1. The van der Waals surface area contributed by atoms with Crippen molar-refractivity contribution in [2.75, 3.05) is 6.61 Å². The van der Waals surface area contributed by atoms with Gasteiger partial charge in [-0.1, -0.05) is 50.0 Å². The first-order chi connectivity index (χ1) is 10.2. The second-order valence-corrected chi connectivity index (χ2v) is 5.26. The smallest absolute Gasteiger partial charge is 0.330 e. The molecule has 1 rings (SSSR count). The molecule has 1 aromatic carbocycles. The third kappa shape index (κ3) is 8.90. The van der Waals surface area contributed by atoms with Crippen LogP contribution in [-0.4, -0.2) is 17.7 Å². The molecule has 0 saturated carbocycles. The molecule has 1 N–H and O–H groups in total. The largest absolute Gasteiger partial charge is 0.494 e. The maximum atomic E-state index is 10.6. The molecule has 3 heteroatoms. The van der Waals surface area contributed by atoms with Crippen molar-refractivity contribution in [1.29, 1.82) is 0 Å². The summed E-state index contributed by atoms with van der Waals surface area (Å²) in [6.07, 6.45) is 9.65. The molecule has 0 bridgehead atoms. The molecule has 0 atom stereocenters. The lowest BCUT2D eigenvalue weighted by atomic mass is 10.1. The van der Waals surface area contributed by atoms with Gasteiger partial charge >= 0.3 is 5.97 Å². The zero-order valence-electron chi connectivity index (χ0n) is 12.9. The Balaban J connectivity index is 1.89. The highest BCUT2D eigenvalue weighted by atomic mass is 16.5. The minimum Gasteiger partial charge on any atom is -0.494 e. The lowest BCUT2D eigenvalue weighted by molar-refractivity contribution is -0.132. The highest BCUT2D eigenvalue weighted by Gasteiger charge is 1.98. The van der Waals surface area contributed by atoms with Crippen molar-refractivity contribution in [3.8, 4) is 5.75 Å². The Labute approximate surface area is 127 Å². The molecule has 0 aliphatic carbocycles. The minimum atomic E-state index is -0.812. The summed E-state index contributed by atoms with van der Waals surface area (Å²) in [5, 5.41) is 8.71. The van der Waals surface area contributed by atoms with Crippen LogP contribution in [0.3, 0.4) is 0 Å². The molecular weight excluding hydrogens is 264 g/mol. The number of ether oxygens (including phenoxy) is 1. The number of para-hydroxylation sites is 1. The van der Waals surface area contributed by atoms with Crippen molar-refractivity contribution in [2.45, 2.75) is 51.9 Å². The molecule has 0 radical (unpaired) electrons. The van der Waals surface area contributed by atoms with E-state index in [0.29, 0.717) is 5.57 Å². The third-order valence-electron chi connectivity index (χ3n) is 3.40. The van der Waals surface area contributed by atoms with Gasteiger partial charge in [-0.05, 0) is 38.3 Å². The van der Waals surface area contributed by atoms with Crippen LogP contribution in [0.2, 0.25) is 0 Å². The van der Waals surface area contributed by atoms with Gasteiger partial charge in [-0.15, -0.1) is 0 Å². The van der Waals surface area contributed by atoms with E-state index in [2.05, 4.69) is 0 Å². The summed E-state index contributed by atoms with van der Waals surface area (Å²) in [6, 6.07) is 9.91. The Bertz CT molecular complexity index is 423. The number of carboxylic acid groups (broad SMARTS) is 1. The monoisotopic (exact) mass is 290 g/mol. The fraction of sp³-hybridized carbons (Fsp3) is 0.500. The molecule has 0 unspecified atom stereocenters. The summed E-state index contributed by atoms with van der Waals surface area (Å²) in [7, 11) is 0. The predicted octanol–water partition coefficient (Wildman–Crippen LogP) is 4.83. The van der Waals surface area contributed by atoms with Gasteiger partial charge in [-0.25, -0.2) is 4.79 Å². The first-order valence-corrected chi connectivity index (χ1v) is 7.78. The lowest BCUT2D eigenvalue weighted by Crippen LogP contribution is -1.97. The maximum Gasteiger partial charge on any atom is 0.330 e. The molecule has 0 aliphatic rings. The van der Waals surface area contributed by atoms with E-state index in [1.165, 1.54) is 25.7 Å². The zero-order valence-corrected chi connectivity index (χ0v) is 12.9. The molecule has 0 amide bonds.